The van der Waals surface area contributed by atoms with Crippen LogP contribution in [-0.2, 0) is 10.2 Å². The van der Waals surface area contributed by atoms with Crippen molar-refractivity contribution in [3.63, 3.8) is 0 Å². The van der Waals surface area contributed by atoms with Gasteiger partial charge in [0.2, 0.25) is 0 Å². The Hall–Kier alpha value is -3.04. The van der Waals surface area contributed by atoms with E-state index in [1.165, 1.54) is 5.56 Å². The Bertz CT molecular complexity index is 919. The van der Waals surface area contributed by atoms with E-state index in [0.29, 0.717) is 18.7 Å². The predicted octanol–water partition coefficient (Wildman–Crippen LogP) is 3.53. The van der Waals surface area contributed by atoms with Gasteiger partial charge in [0, 0.05) is 51.4 Å². The summed E-state index contributed by atoms with van der Waals surface area (Å²) < 4.78 is 5.61. The summed E-state index contributed by atoms with van der Waals surface area (Å²) in [7, 11) is 0. The van der Waals surface area contributed by atoms with E-state index in [-0.39, 0.29) is 11.4 Å². The van der Waals surface area contributed by atoms with Crippen LogP contribution in [0.1, 0.15) is 30.4 Å². The summed E-state index contributed by atoms with van der Waals surface area (Å²) >= 11 is 0. The first-order valence-corrected chi connectivity index (χ1v) is 11.1. The molecule has 2 saturated heterocycles. The first kappa shape index (κ1) is 21.2. The molecule has 6 nitrogen and oxygen atoms in total. The van der Waals surface area contributed by atoms with Crippen molar-refractivity contribution in [2.45, 2.75) is 24.7 Å². The number of hydrogen-bond donors (Lipinski definition) is 1. The molecule has 0 radical (unpaired) electrons. The van der Waals surface area contributed by atoms with Crippen LogP contribution in [0, 0.1) is 11.3 Å². The SMILES string of the molecule is N#Cc1ccccc1N1CCCN(C(=O)NCC2(c3ccccc3)CCOCC2)CC1. The first-order valence-electron chi connectivity index (χ1n) is 11.1. The van der Waals surface area contributed by atoms with E-state index in [4.69, 9.17) is 4.74 Å². The van der Waals surface area contributed by atoms with Crippen LogP contribution < -0.4 is 10.2 Å². The first-order chi connectivity index (χ1) is 15.2. The summed E-state index contributed by atoms with van der Waals surface area (Å²) in [5, 5.41) is 12.6. The van der Waals surface area contributed by atoms with E-state index in [1.54, 1.807) is 0 Å². The monoisotopic (exact) mass is 418 g/mol. The molecule has 0 spiro atoms. The molecule has 0 aliphatic carbocycles. The lowest BCUT2D eigenvalue weighted by molar-refractivity contribution is 0.0501. The fourth-order valence-corrected chi connectivity index (χ4v) is 4.68. The van der Waals surface area contributed by atoms with E-state index in [1.807, 2.05) is 35.2 Å². The Morgan fingerprint density at radius 2 is 1.74 bits per heavy atom. The number of ether oxygens (including phenoxy) is 1. The summed E-state index contributed by atoms with van der Waals surface area (Å²) in [6, 6.07) is 20.4. The number of nitrogens with one attached hydrogen (secondary N) is 1. The number of urea groups is 1. The highest BCUT2D eigenvalue weighted by Crippen LogP contribution is 2.34. The molecule has 2 aromatic rings. The van der Waals surface area contributed by atoms with E-state index < -0.39 is 0 Å². The van der Waals surface area contributed by atoms with Gasteiger partial charge in [-0.1, -0.05) is 42.5 Å². The number of nitrogens with zero attached hydrogens (tertiary/aromatic N) is 3. The summed E-state index contributed by atoms with van der Waals surface area (Å²) in [5.41, 5.74) is 2.84. The molecule has 0 bridgehead atoms. The lowest BCUT2D eigenvalue weighted by Gasteiger charge is -2.38. The number of rotatable bonds is 4. The van der Waals surface area contributed by atoms with Crippen molar-refractivity contribution in [2.75, 3.05) is 50.8 Å². The van der Waals surface area contributed by atoms with Gasteiger partial charge in [-0.05, 0) is 37.0 Å². The molecule has 1 N–H and O–H groups in total. The minimum Gasteiger partial charge on any atom is -0.381 e. The Kier molecular flexibility index (Phi) is 6.73. The van der Waals surface area contributed by atoms with Crippen LogP contribution in [0.15, 0.2) is 54.6 Å². The van der Waals surface area contributed by atoms with Crippen LogP contribution in [-0.4, -0.2) is 56.9 Å². The molecule has 0 saturated carbocycles. The van der Waals surface area contributed by atoms with E-state index in [0.717, 1.165) is 57.8 Å². The van der Waals surface area contributed by atoms with Crippen LogP contribution in [0.5, 0.6) is 0 Å². The Morgan fingerprint density at radius 1 is 1.00 bits per heavy atom. The highest BCUT2D eigenvalue weighted by molar-refractivity contribution is 5.74. The molecule has 2 amide bonds. The van der Waals surface area contributed by atoms with Gasteiger partial charge in [0.15, 0.2) is 0 Å². The van der Waals surface area contributed by atoms with Gasteiger partial charge in [-0.15, -0.1) is 0 Å². The third kappa shape index (κ3) is 4.83. The zero-order chi connectivity index (χ0) is 21.5. The number of para-hydroxylation sites is 1. The summed E-state index contributed by atoms with van der Waals surface area (Å²) in [5.74, 6) is 0. The number of carbonyl (C=O) groups excluding carboxylic acids is 1. The molecule has 2 aliphatic rings. The number of amides is 2. The third-order valence-corrected chi connectivity index (χ3v) is 6.56. The molecule has 162 valence electrons. The topological polar surface area (TPSA) is 68.6 Å². The van der Waals surface area contributed by atoms with Crippen molar-refractivity contribution in [3.05, 3.63) is 65.7 Å². The maximum Gasteiger partial charge on any atom is 0.317 e. The van der Waals surface area contributed by atoms with Gasteiger partial charge in [0.05, 0.1) is 11.3 Å². The number of anilines is 1. The minimum atomic E-state index is -0.0706. The largest absolute Gasteiger partial charge is 0.381 e. The Morgan fingerprint density at radius 3 is 2.52 bits per heavy atom. The summed E-state index contributed by atoms with van der Waals surface area (Å²) in [6.07, 6.45) is 2.71. The average molecular weight is 419 g/mol. The van der Waals surface area contributed by atoms with Gasteiger partial charge in [0.1, 0.15) is 6.07 Å². The van der Waals surface area contributed by atoms with Crippen molar-refractivity contribution in [3.8, 4) is 6.07 Å². The van der Waals surface area contributed by atoms with Gasteiger partial charge < -0.3 is 19.9 Å². The van der Waals surface area contributed by atoms with Gasteiger partial charge >= 0.3 is 6.03 Å². The molecule has 0 atom stereocenters. The molecule has 6 heteroatoms. The van der Waals surface area contributed by atoms with Gasteiger partial charge in [-0.3, -0.25) is 0 Å². The van der Waals surface area contributed by atoms with E-state index >= 15 is 0 Å². The smallest absolute Gasteiger partial charge is 0.317 e. The molecule has 31 heavy (non-hydrogen) atoms. The van der Waals surface area contributed by atoms with Crippen LogP contribution in [0.2, 0.25) is 0 Å². The third-order valence-electron chi connectivity index (χ3n) is 6.56. The molecule has 2 fully saturated rings. The number of carbonyl (C=O) groups is 1. The maximum atomic E-state index is 13.0. The van der Waals surface area contributed by atoms with Gasteiger partial charge in [0.25, 0.3) is 0 Å². The average Bonchev–Trinajstić information content (AvgIpc) is 3.10. The fourth-order valence-electron chi connectivity index (χ4n) is 4.68. The van der Waals surface area contributed by atoms with Gasteiger partial charge in [-0.2, -0.15) is 5.26 Å². The number of nitriles is 1. The van der Waals surface area contributed by atoms with E-state index in [9.17, 15) is 10.1 Å². The fraction of sp³-hybridized carbons (Fsp3) is 0.440. The van der Waals surface area contributed by atoms with Crippen molar-refractivity contribution in [1.29, 1.82) is 5.26 Å². The van der Waals surface area contributed by atoms with Crippen LogP contribution in [0.25, 0.3) is 0 Å². The molecule has 2 aromatic carbocycles. The second-order valence-corrected chi connectivity index (χ2v) is 8.37. The lowest BCUT2D eigenvalue weighted by Crippen LogP contribution is -2.49. The van der Waals surface area contributed by atoms with E-state index in [2.05, 4.69) is 40.6 Å². The normalized spacial score (nSPS) is 18.7. The lowest BCUT2D eigenvalue weighted by atomic mass is 9.74. The zero-order valence-corrected chi connectivity index (χ0v) is 17.9. The molecule has 0 unspecified atom stereocenters. The maximum absolute atomic E-state index is 13.0. The highest BCUT2D eigenvalue weighted by atomic mass is 16.5. The summed E-state index contributed by atoms with van der Waals surface area (Å²) in [4.78, 5) is 17.2. The standard InChI is InChI=1S/C25H30N4O2/c26-19-21-7-4-5-10-23(21)28-13-6-14-29(16-15-28)24(30)27-20-25(11-17-31-18-12-25)22-8-2-1-3-9-22/h1-5,7-10H,6,11-18,20H2,(H,27,30). The molecule has 4 rings (SSSR count). The number of hydrogen-bond acceptors (Lipinski definition) is 4. The number of benzene rings is 2. The zero-order valence-electron chi connectivity index (χ0n) is 17.9. The van der Waals surface area contributed by atoms with Crippen molar-refractivity contribution < 1.29 is 9.53 Å². The van der Waals surface area contributed by atoms with Crippen LogP contribution >= 0.6 is 0 Å². The van der Waals surface area contributed by atoms with Crippen molar-refractivity contribution in [2.24, 2.45) is 0 Å². The molecule has 2 heterocycles. The van der Waals surface area contributed by atoms with Crippen molar-refractivity contribution in [1.82, 2.24) is 10.2 Å². The quantitative estimate of drug-likeness (QED) is 0.825. The second-order valence-electron chi connectivity index (χ2n) is 8.37. The Balaban J connectivity index is 1.39. The summed E-state index contributed by atoms with van der Waals surface area (Å²) in [6.45, 7) is 5.00. The Labute approximate surface area is 184 Å². The second kappa shape index (κ2) is 9.84. The van der Waals surface area contributed by atoms with Crippen LogP contribution in [0.4, 0.5) is 10.5 Å². The van der Waals surface area contributed by atoms with Gasteiger partial charge in [-0.25, -0.2) is 4.79 Å². The molecular formula is C25H30N4O2. The molecule has 0 aromatic heterocycles. The van der Waals surface area contributed by atoms with Crippen molar-refractivity contribution >= 4 is 11.7 Å². The highest BCUT2D eigenvalue weighted by Gasteiger charge is 2.35. The molecule has 2 aliphatic heterocycles. The minimum absolute atomic E-state index is 0.00258. The predicted molar refractivity (Wildman–Crippen MR) is 121 cm³/mol. The molecular weight excluding hydrogens is 388 g/mol. The van der Waals surface area contributed by atoms with Crippen LogP contribution in [0.3, 0.4) is 0 Å².